The van der Waals surface area contributed by atoms with E-state index in [-0.39, 0.29) is 18.0 Å². The van der Waals surface area contributed by atoms with Crippen molar-refractivity contribution >= 4 is 5.69 Å². The molecule has 3 atom stereocenters. The van der Waals surface area contributed by atoms with Gasteiger partial charge in [0.25, 0.3) is 0 Å². The zero-order valence-corrected chi connectivity index (χ0v) is 13.1. The summed E-state index contributed by atoms with van der Waals surface area (Å²) in [6.07, 6.45) is 2.97. The molecule has 0 aromatic heterocycles. The maximum absolute atomic E-state index is 9.86. The molecule has 1 aromatic rings. The van der Waals surface area contributed by atoms with Crippen LogP contribution < -0.4 is 4.90 Å². The lowest BCUT2D eigenvalue weighted by Crippen LogP contribution is -2.59. The van der Waals surface area contributed by atoms with Crippen molar-refractivity contribution in [3.05, 3.63) is 29.8 Å². The molecule has 22 heavy (non-hydrogen) atoms. The van der Waals surface area contributed by atoms with Crippen LogP contribution in [0.15, 0.2) is 24.3 Å². The molecule has 1 fully saturated rings. The van der Waals surface area contributed by atoms with E-state index in [1.165, 1.54) is 5.69 Å². The Morgan fingerprint density at radius 1 is 1.27 bits per heavy atom. The topological polar surface area (TPSA) is 60.0 Å². The summed E-state index contributed by atoms with van der Waals surface area (Å²) in [6, 6.07) is 13.1. The largest absolute Gasteiger partial charge is 0.383 e. The second-order valence-corrected chi connectivity index (χ2v) is 6.34. The van der Waals surface area contributed by atoms with Crippen LogP contribution in [0.1, 0.15) is 37.7 Å². The standard InChI is InChI=1S/C18H21N3O/c1-13-15-7-3-4-8-16(15)21-14(10-22-2)6-5-9-17(21)18(13,11-19)12-20/h3-4,7-8,13-14,17H,5-6,9-10H2,1-2H3/t13-,14-,17-/m0/s1. The molecule has 0 radical (unpaired) electrons. The van der Waals surface area contributed by atoms with Crippen LogP contribution in [0.5, 0.6) is 0 Å². The van der Waals surface area contributed by atoms with E-state index in [4.69, 9.17) is 4.74 Å². The molecule has 4 heteroatoms. The number of hydrogen-bond donors (Lipinski definition) is 0. The van der Waals surface area contributed by atoms with Gasteiger partial charge in [0.05, 0.1) is 30.8 Å². The van der Waals surface area contributed by atoms with Crippen LogP contribution in [-0.2, 0) is 4.74 Å². The van der Waals surface area contributed by atoms with E-state index in [1.807, 2.05) is 19.1 Å². The molecule has 2 aliphatic heterocycles. The van der Waals surface area contributed by atoms with Gasteiger partial charge in [-0.05, 0) is 30.9 Å². The summed E-state index contributed by atoms with van der Waals surface area (Å²) in [7, 11) is 1.71. The highest BCUT2D eigenvalue weighted by atomic mass is 16.5. The van der Waals surface area contributed by atoms with E-state index < -0.39 is 5.41 Å². The molecule has 1 aromatic carbocycles. The monoisotopic (exact) mass is 295 g/mol. The van der Waals surface area contributed by atoms with E-state index in [9.17, 15) is 10.5 Å². The molecule has 3 rings (SSSR count). The number of anilines is 1. The van der Waals surface area contributed by atoms with Crippen molar-refractivity contribution in [3.8, 4) is 12.1 Å². The van der Waals surface area contributed by atoms with Crippen molar-refractivity contribution in [2.75, 3.05) is 18.6 Å². The predicted molar refractivity (Wildman–Crippen MR) is 84.3 cm³/mol. The highest BCUT2D eigenvalue weighted by Gasteiger charge is 2.54. The lowest BCUT2D eigenvalue weighted by Gasteiger charge is -2.53. The first-order chi connectivity index (χ1) is 10.7. The molecule has 0 spiro atoms. The van der Waals surface area contributed by atoms with Gasteiger partial charge in [-0.1, -0.05) is 25.1 Å². The third-order valence-electron chi connectivity index (χ3n) is 5.36. The number of rotatable bonds is 2. The molecule has 0 aliphatic carbocycles. The molecule has 0 saturated carbocycles. The molecular weight excluding hydrogens is 274 g/mol. The molecule has 4 nitrogen and oxygen atoms in total. The first kappa shape index (κ1) is 14.9. The van der Waals surface area contributed by atoms with Gasteiger partial charge >= 0.3 is 0 Å². The summed E-state index contributed by atoms with van der Waals surface area (Å²) < 4.78 is 5.40. The van der Waals surface area contributed by atoms with Crippen molar-refractivity contribution in [3.63, 3.8) is 0 Å². The van der Waals surface area contributed by atoms with Crippen molar-refractivity contribution in [2.24, 2.45) is 5.41 Å². The van der Waals surface area contributed by atoms with Gasteiger partial charge in [-0.2, -0.15) is 10.5 Å². The smallest absolute Gasteiger partial charge is 0.170 e. The fourth-order valence-electron chi connectivity index (χ4n) is 4.24. The minimum Gasteiger partial charge on any atom is -0.383 e. The molecule has 0 N–H and O–H groups in total. The number of nitrogens with zero attached hydrogens (tertiary/aromatic N) is 3. The van der Waals surface area contributed by atoms with Crippen molar-refractivity contribution in [1.29, 1.82) is 10.5 Å². The zero-order chi connectivity index (χ0) is 15.7. The first-order valence-corrected chi connectivity index (χ1v) is 7.88. The molecule has 114 valence electrons. The number of benzene rings is 1. The highest BCUT2D eigenvalue weighted by Crippen LogP contribution is 2.52. The number of nitriles is 2. The van der Waals surface area contributed by atoms with Gasteiger partial charge in [0.2, 0.25) is 0 Å². The van der Waals surface area contributed by atoms with Gasteiger partial charge in [0, 0.05) is 18.7 Å². The van der Waals surface area contributed by atoms with Gasteiger partial charge in [-0.25, -0.2) is 0 Å². The normalized spacial score (nSPS) is 28.9. The minimum absolute atomic E-state index is 0.0544. The van der Waals surface area contributed by atoms with Crippen LogP contribution in [0.25, 0.3) is 0 Å². The predicted octanol–water partition coefficient (Wildman–Crippen LogP) is 3.21. The molecule has 0 unspecified atom stereocenters. The number of hydrogen-bond acceptors (Lipinski definition) is 4. The molecule has 0 bridgehead atoms. The Hall–Kier alpha value is -2.04. The quantitative estimate of drug-likeness (QED) is 0.840. The van der Waals surface area contributed by atoms with E-state index in [1.54, 1.807) is 7.11 Å². The summed E-state index contributed by atoms with van der Waals surface area (Å²) >= 11 is 0. The summed E-state index contributed by atoms with van der Waals surface area (Å²) in [5.41, 5.74) is 1.29. The Kier molecular flexibility index (Phi) is 3.81. The summed E-state index contributed by atoms with van der Waals surface area (Å²) in [5.74, 6) is -0.0822. The van der Waals surface area contributed by atoms with Gasteiger partial charge in [0.15, 0.2) is 5.41 Å². The number of fused-ring (bicyclic) bond motifs is 3. The first-order valence-electron chi connectivity index (χ1n) is 7.88. The highest BCUT2D eigenvalue weighted by molar-refractivity contribution is 5.63. The van der Waals surface area contributed by atoms with Crippen LogP contribution in [0.3, 0.4) is 0 Å². The molecule has 1 saturated heterocycles. The van der Waals surface area contributed by atoms with Crippen LogP contribution in [0.4, 0.5) is 5.69 Å². The summed E-state index contributed by atoms with van der Waals surface area (Å²) in [4.78, 5) is 2.30. The SMILES string of the molecule is COC[C@@H]1CCC[C@@H]2N1c1ccccc1[C@H](C)C2(C#N)C#N. The Balaban J connectivity index is 2.19. The maximum atomic E-state index is 9.86. The molecule has 2 aliphatic rings. The average molecular weight is 295 g/mol. The van der Waals surface area contributed by atoms with Crippen molar-refractivity contribution in [2.45, 2.75) is 44.2 Å². The summed E-state index contributed by atoms with van der Waals surface area (Å²) in [5, 5.41) is 19.7. The van der Waals surface area contributed by atoms with Crippen molar-refractivity contribution in [1.82, 2.24) is 0 Å². The minimum atomic E-state index is -0.985. The number of piperidine rings is 1. The zero-order valence-electron chi connectivity index (χ0n) is 13.1. The number of ether oxygens (including phenoxy) is 1. The summed E-state index contributed by atoms with van der Waals surface area (Å²) in [6.45, 7) is 2.65. The van der Waals surface area contributed by atoms with Gasteiger partial charge < -0.3 is 9.64 Å². The Bertz CT molecular complexity index is 626. The fraction of sp³-hybridized carbons (Fsp3) is 0.556. The lowest BCUT2D eigenvalue weighted by molar-refractivity contribution is 0.141. The number of para-hydroxylation sites is 1. The molecule has 0 amide bonds. The van der Waals surface area contributed by atoms with Crippen LogP contribution in [0, 0.1) is 28.1 Å². The van der Waals surface area contributed by atoms with Gasteiger partial charge in [0.1, 0.15) is 0 Å². The fourth-order valence-corrected chi connectivity index (χ4v) is 4.24. The molecular formula is C18H21N3O. The van der Waals surface area contributed by atoms with E-state index in [0.717, 1.165) is 24.8 Å². The average Bonchev–Trinajstić information content (AvgIpc) is 2.56. The Morgan fingerprint density at radius 2 is 2.00 bits per heavy atom. The van der Waals surface area contributed by atoms with Gasteiger partial charge in [-0.3, -0.25) is 0 Å². The van der Waals surface area contributed by atoms with E-state index >= 15 is 0 Å². The number of methoxy groups -OCH3 is 1. The third kappa shape index (κ3) is 1.91. The second kappa shape index (κ2) is 5.63. The second-order valence-electron chi connectivity index (χ2n) is 6.34. The Morgan fingerprint density at radius 3 is 2.68 bits per heavy atom. The molecule has 2 heterocycles. The van der Waals surface area contributed by atoms with Crippen LogP contribution in [-0.4, -0.2) is 25.8 Å². The Labute approximate surface area is 131 Å². The van der Waals surface area contributed by atoms with Crippen molar-refractivity contribution < 1.29 is 4.74 Å². The van der Waals surface area contributed by atoms with Crippen LogP contribution in [0.2, 0.25) is 0 Å². The van der Waals surface area contributed by atoms with E-state index in [2.05, 4.69) is 29.2 Å². The maximum Gasteiger partial charge on any atom is 0.170 e. The third-order valence-corrected chi connectivity index (χ3v) is 5.36. The van der Waals surface area contributed by atoms with Gasteiger partial charge in [-0.15, -0.1) is 0 Å². The lowest BCUT2D eigenvalue weighted by atomic mass is 9.63. The van der Waals surface area contributed by atoms with Crippen LogP contribution >= 0.6 is 0 Å². The van der Waals surface area contributed by atoms with E-state index in [0.29, 0.717) is 6.61 Å².